The molecule has 1 saturated heterocycles. The van der Waals surface area contributed by atoms with Crippen LogP contribution in [0, 0.1) is 17.8 Å². The number of hydrogen-bond donors (Lipinski definition) is 3. The number of ketones is 3. The molecule has 186 valence electrons. The van der Waals surface area contributed by atoms with E-state index in [0.717, 1.165) is 31.5 Å². The van der Waals surface area contributed by atoms with E-state index in [-0.39, 0.29) is 52.4 Å². The Kier molecular flexibility index (Phi) is 5.74. The Hall–Kier alpha value is -3.13. The molecule has 3 N–H and O–H groups in total. The molecule has 8 heteroatoms. The standard InChI is InChI=1S/C27H31NO7/c1-4-28-7-5-6-17(28)15-11-19(31)23-16(27(15)35-3)9-13-8-14-10-18(30)20(12(2)29)24(32)22(14)25(33)21(13)26(23)34/h11,13-14,17,22,30-31,33H,4-10H2,1-3H3. The second-order valence-electron chi connectivity index (χ2n) is 10.1. The van der Waals surface area contributed by atoms with Crippen LogP contribution in [0.5, 0.6) is 11.5 Å². The SMILES string of the molecule is CCN1CCCC1c1cc(O)c2c(c1OC)CC1CC3CC(O)=C(C(C)=O)C(=O)C3C(O)=C1C2=O. The molecular formula is C27H31NO7. The predicted octanol–water partition coefficient (Wildman–Crippen LogP) is 3.73. The van der Waals surface area contributed by atoms with Gasteiger partial charge in [-0.2, -0.15) is 0 Å². The van der Waals surface area contributed by atoms with Crippen molar-refractivity contribution in [1.29, 1.82) is 0 Å². The van der Waals surface area contributed by atoms with Crippen LogP contribution in [0.2, 0.25) is 0 Å². The number of carbonyl (C=O) groups is 3. The normalized spacial score (nSPS) is 28.7. The molecule has 0 spiro atoms. The lowest BCUT2D eigenvalue weighted by Gasteiger charge is -2.41. The van der Waals surface area contributed by atoms with E-state index in [1.807, 2.05) is 0 Å². The van der Waals surface area contributed by atoms with Crippen LogP contribution >= 0.6 is 0 Å². The van der Waals surface area contributed by atoms with E-state index in [9.17, 15) is 29.7 Å². The lowest BCUT2D eigenvalue weighted by molar-refractivity contribution is -0.125. The molecule has 1 aromatic carbocycles. The monoisotopic (exact) mass is 481 g/mol. The molecule has 0 bridgehead atoms. The van der Waals surface area contributed by atoms with Gasteiger partial charge in [0.2, 0.25) is 0 Å². The van der Waals surface area contributed by atoms with Crippen molar-refractivity contribution in [2.45, 2.75) is 52.0 Å². The fourth-order valence-corrected chi connectivity index (χ4v) is 6.87. The second kappa shape index (κ2) is 8.52. The van der Waals surface area contributed by atoms with Gasteiger partial charge in [0.25, 0.3) is 0 Å². The van der Waals surface area contributed by atoms with Gasteiger partial charge in [0.15, 0.2) is 17.3 Å². The lowest BCUT2D eigenvalue weighted by Crippen LogP contribution is -2.42. The number of likely N-dealkylation sites (tertiary alicyclic amines) is 1. The number of allylic oxidation sites excluding steroid dienone is 4. The van der Waals surface area contributed by atoms with Crippen LogP contribution in [0.3, 0.4) is 0 Å². The van der Waals surface area contributed by atoms with E-state index >= 15 is 0 Å². The van der Waals surface area contributed by atoms with E-state index in [1.165, 1.54) is 6.92 Å². The number of aliphatic hydroxyl groups is 2. The summed E-state index contributed by atoms with van der Waals surface area (Å²) in [5.41, 5.74) is 1.42. The maximum Gasteiger partial charge on any atom is 0.196 e. The average molecular weight is 482 g/mol. The number of carbonyl (C=O) groups excluding carboxylic acids is 3. The number of aliphatic hydroxyl groups excluding tert-OH is 2. The number of aromatic hydroxyl groups is 1. The number of nitrogens with zero attached hydrogens (tertiary/aromatic N) is 1. The molecule has 0 radical (unpaired) electrons. The molecule has 0 aromatic heterocycles. The number of Topliss-reactive ketones (excluding diaryl/α,β-unsaturated/α-hetero) is 3. The summed E-state index contributed by atoms with van der Waals surface area (Å²) in [7, 11) is 1.57. The molecule has 4 aliphatic rings. The molecule has 1 heterocycles. The molecule has 0 amide bonds. The highest BCUT2D eigenvalue weighted by atomic mass is 16.5. The molecule has 8 nitrogen and oxygen atoms in total. The number of rotatable bonds is 4. The first-order valence-electron chi connectivity index (χ1n) is 12.3. The minimum Gasteiger partial charge on any atom is -0.511 e. The zero-order chi connectivity index (χ0) is 25.2. The molecule has 1 aromatic rings. The molecule has 0 saturated carbocycles. The van der Waals surface area contributed by atoms with Crippen LogP contribution < -0.4 is 4.74 Å². The molecule has 4 unspecified atom stereocenters. The topological polar surface area (TPSA) is 124 Å². The van der Waals surface area contributed by atoms with E-state index in [4.69, 9.17) is 4.74 Å². The first kappa shape index (κ1) is 23.6. The largest absolute Gasteiger partial charge is 0.511 e. The van der Waals surface area contributed by atoms with Gasteiger partial charge in [0.05, 0.1) is 24.2 Å². The zero-order valence-corrected chi connectivity index (χ0v) is 20.3. The van der Waals surface area contributed by atoms with Crippen molar-refractivity contribution in [1.82, 2.24) is 4.90 Å². The smallest absolute Gasteiger partial charge is 0.196 e. The summed E-state index contributed by atoms with van der Waals surface area (Å²) in [6.07, 6.45) is 2.83. The summed E-state index contributed by atoms with van der Waals surface area (Å²) < 4.78 is 5.83. The Labute approximate surface area is 203 Å². The summed E-state index contributed by atoms with van der Waals surface area (Å²) in [5, 5.41) is 32.6. The highest BCUT2D eigenvalue weighted by molar-refractivity contribution is 6.22. The molecule has 1 fully saturated rings. The third-order valence-corrected chi connectivity index (χ3v) is 8.30. The zero-order valence-electron chi connectivity index (χ0n) is 20.3. The van der Waals surface area contributed by atoms with Crippen molar-refractivity contribution < 1.29 is 34.4 Å². The maximum atomic E-state index is 13.7. The van der Waals surface area contributed by atoms with Gasteiger partial charge in [-0.3, -0.25) is 19.3 Å². The van der Waals surface area contributed by atoms with Crippen LogP contribution in [-0.4, -0.2) is 57.8 Å². The Morgan fingerprint density at radius 2 is 1.94 bits per heavy atom. The summed E-state index contributed by atoms with van der Waals surface area (Å²) in [6, 6.07) is 1.70. The fourth-order valence-electron chi connectivity index (χ4n) is 6.87. The molecule has 4 atom stereocenters. The van der Waals surface area contributed by atoms with E-state index < -0.39 is 29.2 Å². The Bertz CT molecular complexity index is 1210. The van der Waals surface area contributed by atoms with E-state index in [2.05, 4.69) is 11.8 Å². The number of methoxy groups -OCH3 is 1. The minimum atomic E-state index is -1.04. The van der Waals surface area contributed by atoms with Crippen molar-refractivity contribution in [2.75, 3.05) is 20.2 Å². The van der Waals surface area contributed by atoms with Crippen LogP contribution in [0.25, 0.3) is 0 Å². The summed E-state index contributed by atoms with van der Waals surface area (Å²) in [6.45, 7) is 5.12. The number of ether oxygens (including phenoxy) is 1. The van der Waals surface area contributed by atoms with Crippen molar-refractivity contribution in [3.05, 3.63) is 45.4 Å². The number of phenolic OH excluding ortho intramolecular Hbond substituents is 1. The van der Waals surface area contributed by atoms with Crippen molar-refractivity contribution in [3.8, 4) is 11.5 Å². The number of phenols is 1. The third-order valence-electron chi connectivity index (χ3n) is 8.30. The highest BCUT2D eigenvalue weighted by Gasteiger charge is 2.50. The Balaban J connectivity index is 1.62. The molecular weight excluding hydrogens is 450 g/mol. The van der Waals surface area contributed by atoms with Crippen LogP contribution in [0.15, 0.2) is 28.7 Å². The summed E-state index contributed by atoms with van der Waals surface area (Å²) in [5.74, 6) is -3.70. The van der Waals surface area contributed by atoms with E-state index in [0.29, 0.717) is 24.2 Å². The maximum absolute atomic E-state index is 13.7. The minimum absolute atomic E-state index is 0.0883. The van der Waals surface area contributed by atoms with Gasteiger partial charge >= 0.3 is 0 Å². The van der Waals surface area contributed by atoms with Gasteiger partial charge in [-0.1, -0.05) is 6.92 Å². The Morgan fingerprint density at radius 1 is 1.20 bits per heavy atom. The van der Waals surface area contributed by atoms with Gasteiger partial charge in [0.1, 0.15) is 23.0 Å². The van der Waals surface area contributed by atoms with Crippen LogP contribution in [0.1, 0.15) is 67.1 Å². The first-order valence-corrected chi connectivity index (χ1v) is 12.3. The molecule has 1 aliphatic heterocycles. The van der Waals surface area contributed by atoms with Gasteiger partial charge in [0, 0.05) is 29.2 Å². The first-order chi connectivity index (χ1) is 16.7. The quantitative estimate of drug-likeness (QED) is 0.556. The molecule has 3 aliphatic carbocycles. The van der Waals surface area contributed by atoms with Crippen LogP contribution in [0.4, 0.5) is 0 Å². The Morgan fingerprint density at radius 3 is 2.60 bits per heavy atom. The highest BCUT2D eigenvalue weighted by Crippen LogP contribution is 2.52. The summed E-state index contributed by atoms with van der Waals surface area (Å²) in [4.78, 5) is 41.0. The third kappa shape index (κ3) is 3.41. The molecule has 35 heavy (non-hydrogen) atoms. The second-order valence-corrected chi connectivity index (χ2v) is 10.1. The van der Waals surface area contributed by atoms with Crippen molar-refractivity contribution in [3.63, 3.8) is 0 Å². The van der Waals surface area contributed by atoms with Crippen molar-refractivity contribution >= 4 is 17.3 Å². The number of benzene rings is 1. The van der Waals surface area contributed by atoms with Gasteiger partial charge in [-0.15, -0.1) is 0 Å². The fraction of sp³-hybridized carbons (Fsp3) is 0.519. The van der Waals surface area contributed by atoms with Gasteiger partial charge < -0.3 is 20.1 Å². The summed E-state index contributed by atoms with van der Waals surface area (Å²) >= 11 is 0. The van der Waals surface area contributed by atoms with Gasteiger partial charge in [-0.05, 0) is 63.6 Å². The van der Waals surface area contributed by atoms with Crippen molar-refractivity contribution in [2.24, 2.45) is 17.8 Å². The predicted molar refractivity (Wildman–Crippen MR) is 127 cm³/mol. The van der Waals surface area contributed by atoms with Gasteiger partial charge in [-0.25, -0.2) is 0 Å². The number of hydrogen-bond acceptors (Lipinski definition) is 8. The number of fused-ring (bicyclic) bond motifs is 3. The molecule has 5 rings (SSSR count). The lowest BCUT2D eigenvalue weighted by atomic mass is 9.62. The van der Waals surface area contributed by atoms with Crippen LogP contribution in [-0.2, 0) is 16.0 Å². The average Bonchev–Trinajstić information content (AvgIpc) is 3.26. The van der Waals surface area contributed by atoms with E-state index in [1.54, 1.807) is 13.2 Å².